The number of likely N-dealkylation sites (N-methyl/N-ethyl adjacent to an activating group) is 1. The molecule has 0 bridgehead atoms. The van der Waals surface area contributed by atoms with Gasteiger partial charge in [-0.25, -0.2) is 29.3 Å². The van der Waals surface area contributed by atoms with Gasteiger partial charge in [0.05, 0.1) is 54.2 Å². The van der Waals surface area contributed by atoms with Crippen molar-refractivity contribution in [1.29, 1.82) is 0 Å². The maximum atomic E-state index is 13.7. The van der Waals surface area contributed by atoms with Crippen molar-refractivity contribution in [3.8, 4) is 17.2 Å². The summed E-state index contributed by atoms with van der Waals surface area (Å²) in [5.41, 5.74) is 2.48. The van der Waals surface area contributed by atoms with Crippen LogP contribution in [0.5, 0.6) is 17.2 Å². The third-order valence-corrected chi connectivity index (χ3v) is 20.9. The molecular formula is C88H102N14O22. The van der Waals surface area contributed by atoms with Crippen molar-refractivity contribution < 1.29 is 107 Å². The molecule has 3 aliphatic rings. The van der Waals surface area contributed by atoms with E-state index in [-0.39, 0.29) is 61.5 Å². The molecule has 36 nitrogen and oxygen atoms in total. The molecule has 2 aromatic carbocycles. The molecule has 3 unspecified atom stereocenters. The van der Waals surface area contributed by atoms with Crippen molar-refractivity contribution in [1.82, 2.24) is 72.0 Å². The van der Waals surface area contributed by atoms with Crippen LogP contribution in [0.3, 0.4) is 0 Å². The molecule has 656 valence electrons. The zero-order valence-corrected chi connectivity index (χ0v) is 69.5. The second-order valence-electron chi connectivity index (χ2n) is 30.7. The van der Waals surface area contributed by atoms with Gasteiger partial charge >= 0.3 is 23.9 Å². The van der Waals surface area contributed by atoms with E-state index in [4.69, 9.17) is 18.9 Å². The van der Waals surface area contributed by atoms with Crippen LogP contribution in [0, 0.1) is 23.7 Å². The van der Waals surface area contributed by atoms with Crippen LogP contribution in [-0.2, 0) is 94.2 Å². The Morgan fingerprint density at radius 1 is 0.395 bits per heavy atom. The zero-order chi connectivity index (χ0) is 90.0. The van der Waals surface area contributed by atoms with Crippen molar-refractivity contribution in [2.75, 3.05) is 7.05 Å². The van der Waals surface area contributed by atoms with E-state index in [0.717, 1.165) is 5.56 Å². The molecule has 36 heteroatoms. The molecule has 0 spiro atoms. The number of aliphatic hydroxyl groups excluding tert-OH is 3. The third-order valence-electron chi connectivity index (χ3n) is 20.9. The minimum Gasteiger partial charge on any atom is -0.505 e. The fourth-order valence-corrected chi connectivity index (χ4v) is 13.8. The lowest BCUT2D eigenvalue weighted by Crippen LogP contribution is -2.60. The summed E-state index contributed by atoms with van der Waals surface area (Å²) in [6, 6.07) is 26.8. The highest BCUT2D eigenvalue weighted by molar-refractivity contribution is 6.01. The molecular weight excluding hydrogens is 1610 g/mol. The zero-order valence-electron chi connectivity index (χ0n) is 69.5. The summed E-state index contributed by atoms with van der Waals surface area (Å²) in [6.07, 6.45) is 4.79. The average molecular weight is 1710 g/mol. The van der Waals surface area contributed by atoms with Crippen LogP contribution in [0.15, 0.2) is 189 Å². The standard InChI is InChI=1S/C30H33N5O7.C30H32N4O8.C28H37N5O7/c1-17-26(37)21(15-20-10-6-12-31-16-20)33-28(39)24(35-29(40)25-23(36)11-7-13-32-25)18(2)42-30(41)22(34-27(17)38)14-19-8-4-3-5-9-19;1-17-26(36)21(14-20-10-6-12-31-16-20)33-27(37)24(34-28(38)25-22(35)11-7-13-32-25)18(2)41-30(40)23(42-29(17)39)15-19-8-4-3-5-9-19;1-15(2)12-20-28(39)40-17(4)22(32-26(37)23-21(34)9-7-11-30-23)25(36)31-19(13-18-8-6-10-29-14-18)24(35)16(3)27(38)33(20)5/h3-13,16-18,21-22,24,26,36-37H,14-15H2,1-2H3,(H,33,39)(H,34,38)(H,35,40);3-13,16-18,21,23-24,26,35-36H,14-15H2,1-2H3,(H,33,37)(H,34,38);6-11,14-17,19-20,22,24,34-35H,12-13H2,1-5H3,(H,31,36)(H,32,37)/t17-,18-,21+,22?,24+,26+;17-,18-,21+,23?,24+,26+;16-,17-,19+,20?,22+,24+/m111/s1. The summed E-state index contributed by atoms with van der Waals surface area (Å²) in [4.78, 5) is 185. The number of aliphatic hydroxyl groups is 3. The smallest absolute Gasteiger partial charge is 0.348 e. The van der Waals surface area contributed by atoms with Crippen LogP contribution >= 0.6 is 0 Å². The molecule has 9 heterocycles. The molecule has 11 rings (SSSR count). The molecule has 0 aliphatic carbocycles. The van der Waals surface area contributed by atoms with Crippen LogP contribution in [0.1, 0.15) is 121 Å². The number of rotatable bonds is 18. The Balaban J connectivity index is 0.000000211. The molecule has 0 radical (unpaired) electrons. The predicted octanol–water partition coefficient (Wildman–Crippen LogP) is 2.61. The molecule has 6 aromatic heterocycles. The quantitative estimate of drug-likeness (QED) is 0.0434. The maximum absolute atomic E-state index is 13.7. The molecule has 3 aliphatic heterocycles. The Labute approximate surface area is 714 Å². The lowest BCUT2D eigenvalue weighted by molar-refractivity contribution is -0.177. The molecule has 13 N–H and O–H groups in total. The SMILES string of the molecule is CC(C)CC1C(=O)O[C@H](C)[C@H](NC(=O)c2ncccc2O)C(=O)N[C@@H](Cc2cccnc2)[C@@H](O)[C@@H](C)C(=O)N1C.C[C@H]1OC(=O)C(Cc2ccccc2)NC(=O)[C@H](C)[C@H](O)[C@H](Cc2cccnc2)NC(=O)[C@H]1NC(=O)c1ncccc1O.C[C@H]1OC(=O)C(Cc2ccccc2)OC(=O)[C@H](C)[C@H](O)[C@H](Cc2cccnc2)NC(=O)[C@H]1NC(=O)c1ncccc1O. The largest absolute Gasteiger partial charge is 0.505 e. The monoisotopic (exact) mass is 1710 g/mol. The first-order valence-corrected chi connectivity index (χ1v) is 40.1. The normalized spacial score (nSPS) is 25.6. The van der Waals surface area contributed by atoms with E-state index in [2.05, 4.69) is 67.1 Å². The summed E-state index contributed by atoms with van der Waals surface area (Å²) in [7, 11) is 1.48. The van der Waals surface area contributed by atoms with Gasteiger partial charge in [-0.2, -0.15) is 0 Å². The molecule has 18 atom stereocenters. The van der Waals surface area contributed by atoms with Gasteiger partial charge in [0.25, 0.3) is 17.7 Å². The Hall–Kier alpha value is -13.7. The number of benzene rings is 2. The average Bonchev–Trinajstić information content (AvgIpc) is 0.820. The van der Waals surface area contributed by atoms with E-state index in [9.17, 15) is 88.2 Å². The van der Waals surface area contributed by atoms with E-state index in [1.165, 1.54) is 108 Å². The summed E-state index contributed by atoms with van der Waals surface area (Å²) in [6.45, 7) is 12.5. The second-order valence-corrected chi connectivity index (χ2v) is 30.7. The van der Waals surface area contributed by atoms with E-state index in [0.29, 0.717) is 22.3 Å². The number of nitrogens with zero attached hydrogens (tertiary/aromatic N) is 7. The van der Waals surface area contributed by atoms with Crippen LogP contribution in [-0.4, -0.2) is 235 Å². The van der Waals surface area contributed by atoms with Crippen molar-refractivity contribution in [3.05, 3.63) is 234 Å². The van der Waals surface area contributed by atoms with Gasteiger partial charge in [-0.1, -0.05) is 107 Å². The first-order chi connectivity index (χ1) is 59.2. The van der Waals surface area contributed by atoms with Gasteiger partial charge in [0, 0.05) is 75.7 Å². The van der Waals surface area contributed by atoms with Crippen LogP contribution < -0.4 is 37.2 Å². The summed E-state index contributed by atoms with van der Waals surface area (Å²) in [5.74, 6) is -13.8. The first-order valence-electron chi connectivity index (χ1n) is 40.1. The topological polar surface area (TPSA) is 528 Å². The lowest BCUT2D eigenvalue weighted by atomic mass is 9.91. The van der Waals surface area contributed by atoms with Gasteiger partial charge in [-0.15, -0.1) is 0 Å². The van der Waals surface area contributed by atoms with E-state index in [1.54, 1.807) is 128 Å². The molecule has 8 amide bonds. The second kappa shape index (κ2) is 44.7. The molecule has 124 heavy (non-hydrogen) atoms. The minimum atomic E-state index is -1.48. The molecule has 3 fully saturated rings. The number of ether oxygens (including phenoxy) is 4. The molecule has 3 saturated heterocycles. The van der Waals surface area contributed by atoms with Crippen LogP contribution in [0.25, 0.3) is 0 Å². The number of carbonyl (C=O) groups excluding carboxylic acids is 12. The summed E-state index contributed by atoms with van der Waals surface area (Å²) >= 11 is 0. The van der Waals surface area contributed by atoms with Crippen molar-refractivity contribution in [2.45, 2.75) is 185 Å². The van der Waals surface area contributed by atoms with E-state index in [1.807, 2.05) is 19.9 Å². The third kappa shape index (κ3) is 25.9. The van der Waals surface area contributed by atoms with Gasteiger partial charge in [0.15, 0.2) is 17.1 Å². The molecule has 8 aromatic rings. The van der Waals surface area contributed by atoms with Gasteiger partial charge in [-0.05, 0) is 142 Å². The van der Waals surface area contributed by atoms with Crippen LogP contribution in [0.4, 0.5) is 0 Å². The number of aromatic hydroxyl groups is 3. The van der Waals surface area contributed by atoms with Crippen molar-refractivity contribution in [3.63, 3.8) is 0 Å². The summed E-state index contributed by atoms with van der Waals surface area (Å²) < 4.78 is 22.4. The molecule has 0 saturated carbocycles. The maximum Gasteiger partial charge on any atom is 0.348 e. The first kappa shape index (κ1) is 94.1. The number of pyridine rings is 6. The Bertz CT molecular complexity index is 4780. The highest BCUT2D eigenvalue weighted by atomic mass is 16.6. The number of carbonyl (C=O) groups is 12. The van der Waals surface area contributed by atoms with Gasteiger partial charge in [-0.3, -0.25) is 58.1 Å². The van der Waals surface area contributed by atoms with Crippen molar-refractivity contribution >= 4 is 71.1 Å². The van der Waals surface area contributed by atoms with Gasteiger partial charge in [0.2, 0.25) is 35.6 Å². The van der Waals surface area contributed by atoms with Gasteiger partial charge < -0.3 is 91.7 Å². The fourth-order valence-electron chi connectivity index (χ4n) is 13.8. The number of amides is 8. The predicted molar refractivity (Wildman–Crippen MR) is 441 cm³/mol. The Kier molecular flexibility index (Phi) is 33.9. The number of hydrogen-bond donors (Lipinski definition) is 13. The van der Waals surface area contributed by atoms with Crippen LogP contribution in [0.2, 0.25) is 0 Å². The van der Waals surface area contributed by atoms with Crippen molar-refractivity contribution in [2.24, 2.45) is 23.7 Å². The highest BCUT2D eigenvalue weighted by Gasteiger charge is 2.45. The number of cyclic esters (lactones) is 4. The van der Waals surface area contributed by atoms with E-state index < -0.39 is 197 Å². The summed E-state index contributed by atoms with van der Waals surface area (Å²) in [5, 5.41) is 82.6. The highest BCUT2D eigenvalue weighted by Crippen LogP contribution is 2.26. The number of hydrogen-bond acceptors (Lipinski definition) is 28. The number of aromatic nitrogens is 6. The van der Waals surface area contributed by atoms with E-state index >= 15 is 0 Å². The minimum absolute atomic E-state index is 0.0144. The number of esters is 4. The Morgan fingerprint density at radius 3 is 1.11 bits per heavy atom. The lowest BCUT2D eigenvalue weighted by Gasteiger charge is -2.36. The fraction of sp³-hybridized carbons (Fsp3) is 0.386. The van der Waals surface area contributed by atoms with Gasteiger partial charge in [0.1, 0.15) is 65.8 Å². The number of nitrogens with one attached hydrogen (secondary N) is 7. The Morgan fingerprint density at radius 2 is 0.742 bits per heavy atom.